The largest absolute Gasteiger partial charge is 0.380 e. The van der Waals surface area contributed by atoms with Gasteiger partial charge in [0, 0.05) is 18.7 Å². The predicted molar refractivity (Wildman–Crippen MR) is 62.6 cm³/mol. The van der Waals surface area contributed by atoms with Crippen molar-refractivity contribution in [2.45, 2.75) is 53.5 Å². The molecule has 0 aliphatic carbocycles. The van der Waals surface area contributed by atoms with Crippen LogP contribution in [0.2, 0.25) is 0 Å². The molecule has 0 saturated carbocycles. The summed E-state index contributed by atoms with van der Waals surface area (Å²) in [4.78, 5) is 0. The highest BCUT2D eigenvalue weighted by Gasteiger charge is 2.24. The first-order valence-electron chi connectivity index (χ1n) is 5.60. The third kappa shape index (κ3) is 8.52. The summed E-state index contributed by atoms with van der Waals surface area (Å²) < 4.78 is 5.30. The van der Waals surface area contributed by atoms with Crippen LogP contribution in [0, 0.1) is 5.41 Å². The molecule has 0 aliphatic rings. The maximum absolute atomic E-state index is 5.30. The lowest BCUT2D eigenvalue weighted by molar-refractivity contribution is 0.136. The molecular weight excluding hydrogens is 174 g/mol. The molecule has 0 fully saturated rings. The third-order valence-corrected chi connectivity index (χ3v) is 2.03. The van der Waals surface area contributed by atoms with Crippen molar-refractivity contribution in [3.05, 3.63) is 0 Å². The molecule has 0 radical (unpaired) electrons. The molecule has 0 aromatic carbocycles. The van der Waals surface area contributed by atoms with E-state index in [0.717, 1.165) is 19.8 Å². The average Bonchev–Trinajstić information content (AvgIpc) is 1.93. The van der Waals surface area contributed by atoms with Crippen molar-refractivity contribution >= 4 is 0 Å². The van der Waals surface area contributed by atoms with Gasteiger partial charge in [-0.1, -0.05) is 20.8 Å². The second kappa shape index (κ2) is 5.72. The van der Waals surface area contributed by atoms with Crippen LogP contribution in [0.3, 0.4) is 0 Å². The molecule has 0 rings (SSSR count). The molecule has 0 saturated heterocycles. The molecule has 1 N–H and O–H groups in total. The second-order valence-corrected chi connectivity index (χ2v) is 5.75. The Bertz CT molecular complexity index is 147. The van der Waals surface area contributed by atoms with Crippen LogP contribution in [0.5, 0.6) is 0 Å². The molecular formula is C12H27NO. The number of hydrogen-bond acceptors (Lipinski definition) is 2. The van der Waals surface area contributed by atoms with Crippen molar-refractivity contribution in [1.29, 1.82) is 0 Å². The van der Waals surface area contributed by atoms with Crippen LogP contribution >= 0.6 is 0 Å². The molecule has 0 heterocycles. The Labute approximate surface area is 89.4 Å². The smallest absolute Gasteiger partial charge is 0.0590 e. The van der Waals surface area contributed by atoms with Gasteiger partial charge in [0.2, 0.25) is 0 Å². The summed E-state index contributed by atoms with van der Waals surface area (Å²) in [6.45, 7) is 15.9. The van der Waals surface area contributed by atoms with E-state index in [1.807, 2.05) is 6.92 Å². The molecule has 0 spiro atoms. The molecule has 0 aromatic rings. The Morgan fingerprint density at radius 1 is 1.07 bits per heavy atom. The maximum atomic E-state index is 5.30. The van der Waals surface area contributed by atoms with Crippen molar-refractivity contribution in [1.82, 2.24) is 5.32 Å². The Balaban J connectivity index is 3.72. The van der Waals surface area contributed by atoms with Gasteiger partial charge in [-0.3, -0.25) is 0 Å². The summed E-state index contributed by atoms with van der Waals surface area (Å²) in [7, 11) is 0. The van der Waals surface area contributed by atoms with E-state index < -0.39 is 0 Å². The van der Waals surface area contributed by atoms with E-state index in [1.54, 1.807) is 0 Å². The third-order valence-electron chi connectivity index (χ3n) is 2.03. The van der Waals surface area contributed by atoms with Gasteiger partial charge in [-0.2, -0.15) is 0 Å². The summed E-state index contributed by atoms with van der Waals surface area (Å²) in [6, 6.07) is 0. The van der Waals surface area contributed by atoms with E-state index in [1.165, 1.54) is 6.42 Å². The normalized spacial score (nSPS) is 13.3. The van der Waals surface area contributed by atoms with Crippen molar-refractivity contribution in [3.63, 3.8) is 0 Å². The summed E-state index contributed by atoms with van der Waals surface area (Å²) >= 11 is 0. The Hall–Kier alpha value is -0.0800. The van der Waals surface area contributed by atoms with Crippen LogP contribution in [0.25, 0.3) is 0 Å². The summed E-state index contributed by atoms with van der Waals surface area (Å²) in [5, 5.41) is 3.53. The standard InChI is InChI=1S/C12H27NO/c1-7-14-9-8-13-12(5,6)10-11(2,3)4/h13H,7-10H2,1-6H3. The molecule has 0 aliphatic heterocycles. The quantitative estimate of drug-likeness (QED) is 0.667. The van der Waals surface area contributed by atoms with Gasteiger partial charge in [0.15, 0.2) is 0 Å². The number of rotatable bonds is 6. The molecule has 2 heteroatoms. The number of ether oxygens (including phenoxy) is 1. The van der Waals surface area contributed by atoms with Gasteiger partial charge in [-0.15, -0.1) is 0 Å². The second-order valence-electron chi connectivity index (χ2n) is 5.75. The molecule has 0 atom stereocenters. The van der Waals surface area contributed by atoms with Gasteiger partial charge in [0.1, 0.15) is 0 Å². The lowest BCUT2D eigenvalue weighted by atomic mass is 9.82. The van der Waals surface area contributed by atoms with Crippen molar-refractivity contribution < 1.29 is 4.74 Å². The monoisotopic (exact) mass is 201 g/mol. The van der Waals surface area contributed by atoms with Crippen LogP contribution in [0.15, 0.2) is 0 Å². The molecule has 14 heavy (non-hydrogen) atoms. The highest BCUT2D eigenvalue weighted by atomic mass is 16.5. The minimum absolute atomic E-state index is 0.204. The van der Waals surface area contributed by atoms with Gasteiger partial charge >= 0.3 is 0 Å². The van der Waals surface area contributed by atoms with E-state index in [0.29, 0.717) is 5.41 Å². The summed E-state index contributed by atoms with van der Waals surface area (Å²) in [6.07, 6.45) is 1.17. The fraction of sp³-hybridized carbons (Fsp3) is 1.00. The fourth-order valence-corrected chi connectivity index (χ4v) is 1.99. The van der Waals surface area contributed by atoms with Gasteiger partial charge < -0.3 is 10.1 Å². The first kappa shape index (κ1) is 13.9. The number of nitrogens with one attached hydrogen (secondary N) is 1. The molecule has 86 valence electrons. The van der Waals surface area contributed by atoms with Crippen molar-refractivity contribution in [2.75, 3.05) is 19.8 Å². The highest BCUT2D eigenvalue weighted by Crippen LogP contribution is 2.26. The van der Waals surface area contributed by atoms with Gasteiger partial charge in [-0.25, -0.2) is 0 Å². The first-order chi connectivity index (χ1) is 6.27. The van der Waals surface area contributed by atoms with Crippen molar-refractivity contribution in [3.8, 4) is 0 Å². The van der Waals surface area contributed by atoms with Gasteiger partial charge in [-0.05, 0) is 32.6 Å². The van der Waals surface area contributed by atoms with Crippen LogP contribution in [0.4, 0.5) is 0 Å². The molecule has 0 unspecified atom stereocenters. The minimum Gasteiger partial charge on any atom is -0.380 e. The van der Waals surface area contributed by atoms with E-state index in [-0.39, 0.29) is 5.54 Å². The Kier molecular flexibility index (Phi) is 5.68. The summed E-state index contributed by atoms with van der Waals surface area (Å²) in [5.74, 6) is 0. The fourth-order valence-electron chi connectivity index (χ4n) is 1.99. The predicted octanol–water partition coefficient (Wildman–Crippen LogP) is 2.83. The Morgan fingerprint density at radius 2 is 1.64 bits per heavy atom. The Morgan fingerprint density at radius 3 is 2.07 bits per heavy atom. The van der Waals surface area contributed by atoms with Crippen molar-refractivity contribution in [2.24, 2.45) is 5.41 Å². The van der Waals surface area contributed by atoms with Crippen LogP contribution < -0.4 is 5.32 Å². The summed E-state index contributed by atoms with van der Waals surface area (Å²) in [5.41, 5.74) is 0.581. The SMILES string of the molecule is CCOCCNC(C)(C)CC(C)(C)C. The van der Waals surface area contributed by atoms with E-state index in [2.05, 4.69) is 39.9 Å². The lowest BCUT2D eigenvalue weighted by Gasteiger charge is -2.33. The van der Waals surface area contributed by atoms with Gasteiger partial charge in [0.25, 0.3) is 0 Å². The topological polar surface area (TPSA) is 21.3 Å². The molecule has 0 aromatic heterocycles. The van der Waals surface area contributed by atoms with Crippen LogP contribution in [0.1, 0.15) is 48.0 Å². The molecule has 0 bridgehead atoms. The zero-order valence-corrected chi connectivity index (χ0v) is 10.7. The van der Waals surface area contributed by atoms with Gasteiger partial charge in [0.05, 0.1) is 6.61 Å². The first-order valence-corrected chi connectivity index (χ1v) is 5.60. The van der Waals surface area contributed by atoms with E-state index >= 15 is 0 Å². The minimum atomic E-state index is 0.204. The highest BCUT2D eigenvalue weighted by molar-refractivity contribution is 4.82. The van der Waals surface area contributed by atoms with E-state index in [9.17, 15) is 0 Å². The zero-order valence-electron chi connectivity index (χ0n) is 10.7. The zero-order chi connectivity index (χ0) is 11.2. The van der Waals surface area contributed by atoms with Crippen LogP contribution in [-0.2, 0) is 4.74 Å². The molecule has 0 amide bonds. The maximum Gasteiger partial charge on any atom is 0.0590 e. The average molecular weight is 201 g/mol. The van der Waals surface area contributed by atoms with Crippen LogP contribution in [-0.4, -0.2) is 25.3 Å². The van der Waals surface area contributed by atoms with E-state index in [4.69, 9.17) is 4.74 Å². The lowest BCUT2D eigenvalue weighted by Crippen LogP contribution is -2.43. The molecule has 2 nitrogen and oxygen atoms in total. The number of hydrogen-bond donors (Lipinski definition) is 1.